The van der Waals surface area contributed by atoms with E-state index in [4.69, 9.17) is 4.74 Å². The van der Waals surface area contributed by atoms with E-state index in [1.807, 2.05) is 42.9 Å². The van der Waals surface area contributed by atoms with Crippen LogP contribution < -0.4 is 5.32 Å². The number of rotatable bonds is 6. The van der Waals surface area contributed by atoms with Crippen LogP contribution in [0.3, 0.4) is 0 Å². The number of amides is 1. The van der Waals surface area contributed by atoms with Crippen molar-refractivity contribution >= 4 is 16.7 Å². The number of methoxy groups -OCH3 is 1. The molecule has 0 saturated heterocycles. The second kappa shape index (κ2) is 7.49. The summed E-state index contributed by atoms with van der Waals surface area (Å²) in [6.45, 7) is 4.43. The molecule has 3 aromatic rings. The number of aromatic nitrogens is 2. The van der Waals surface area contributed by atoms with Gasteiger partial charge in [0.2, 0.25) is 5.91 Å². The summed E-state index contributed by atoms with van der Waals surface area (Å²) < 4.78 is 6.89. The van der Waals surface area contributed by atoms with Crippen molar-refractivity contribution < 1.29 is 9.53 Å². The van der Waals surface area contributed by atoms with Crippen molar-refractivity contribution in [3.63, 3.8) is 0 Å². The highest BCUT2D eigenvalue weighted by atomic mass is 16.5. The molecule has 25 heavy (non-hydrogen) atoms. The fourth-order valence-corrected chi connectivity index (χ4v) is 3.07. The molecule has 1 atom stereocenters. The molecule has 1 amide bonds. The van der Waals surface area contributed by atoms with E-state index >= 15 is 0 Å². The van der Waals surface area contributed by atoms with Gasteiger partial charge in [-0.15, -0.1) is 0 Å². The fourth-order valence-electron chi connectivity index (χ4n) is 3.07. The van der Waals surface area contributed by atoms with Gasteiger partial charge in [-0.2, -0.15) is 5.10 Å². The van der Waals surface area contributed by atoms with Crippen LogP contribution in [0.25, 0.3) is 16.5 Å². The Morgan fingerprint density at radius 3 is 2.80 bits per heavy atom. The Bertz CT molecular complexity index is 880. The van der Waals surface area contributed by atoms with Crippen molar-refractivity contribution in [2.45, 2.75) is 26.3 Å². The van der Waals surface area contributed by atoms with E-state index < -0.39 is 0 Å². The van der Waals surface area contributed by atoms with Crippen LogP contribution in [0.4, 0.5) is 0 Å². The maximum absolute atomic E-state index is 11.9. The van der Waals surface area contributed by atoms with Gasteiger partial charge >= 0.3 is 0 Å². The van der Waals surface area contributed by atoms with Gasteiger partial charge in [0.25, 0.3) is 0 Å². The van der Waals surface area contributed by atoms with Gasteiger partial charge in [0, 0.05) is 30.2 Å². The van der Waals surface area contributed by atoms with Crippen molar-refractivity contribution in [2.75, 3.05) is 13.7 Å². The Hall–Kier alpha value is -2.66. The van der Waals surface area contributed by atoms with Crippen LogP contribution in [0.5, 0.6) is 0 Å². The average Bonchev–Trinajstić information content (AvgIpc) is 3.01. The lowest BCUT2D eigenvalue weighted by Crippen LogP contribution is -2.27. The second-order valence-electron chi connectivity index (χ2n) is 6.13. The van der Waals surface area contributed by atoms with E-state index in [-0.39, 0.29) is 11.9 Å². The van der Waals surface area contributed by atoms with Gasteiger partial charge in [0.05, 0.1) is 24.5 Å². The summed E-state index contributed by atoms with van der Waals surface area (Å²) in [7, 11) is 1.59. The molecule has 0 aliphatic rings. The van der Waals surface area contributed by atoms with Crippen molar-refractivity contribution in [3.05, 3.63) is 59.9 Å². The summed E-state index contributed by atoms with van der Waals surface area (Å²) in [6.07, 6.45) is 2.19. The summed E-state index contributed by atoms with van der Waals surface area (Å²) in [5.74, 6) is -0.0216. The minimum Gasteiger partial charge on any atom is -0.384 e. The molecular weight excluding hydrogens is 314 g/mol. The second-order valence-corrected chi connectivity index (χ2v) is 6.13. The monoisotopic (exact) mass is 337 g/mol. The number of nitrogens with one attached hydrogen (secondary N) is 1. The molecule has 0 bridgehead atoms. The SMILES string of the molecule is COCCC(=O)N[C@H](C)c1cnn(-c2cccc3ccccc23)c1C. The zero-order valence-corrected chi connectivity index (χ0v) is 14.8. The highest BCUT2D eigenvalue weighted by Gasteiger charge is 2.17. The molecule has 0 unspecified atom stereocenters. The molecule has 3 rings (SSSR count). The first-order chi connectivity index (χ1) is 12.1. The highest BCUT2D eigenvalue weighted by molar-refractivity contribution is 5.90. The van der Waals surface area contributed by atoms with Gasteiger partial charge in [-0.3, -0.25) is 4.79 Å². The molecule has 2 aromatic carbocycles. The molecule has 5 nitrogen and oxygen atoms in total. The summed E-state index contributed by atoms with van der Waals surface area (Å²) in [6, 6.07) is 14.3. The maximum Gasteiger partial charge on any atom is 0.222 e. The molecule has 1 N–H and O–H groups in total. The molecular formula is C20H23N3O2. The molecule has 5 heteroatoms. The van der Waals surface area contributed by atoms with Gasteiger partial charge in [-0.1, -0.05) is 36.4 Å². The third-order valence-corrected chi connectivity index (χ3v) is 4.42. The molecule has 0 aliphatic heterocycles. The molecule has 0 spiro atoms. The highest BCUT2D eigenvalue weighted by Crippen LogP contribution is 2.25. The Balaban J connectivity index is 1.89. The van der Waals surface area contributed by atoms with Crippen LogP contribution in [0.15, 0.2) is 48.7 Å². The Morgan fingerprint density at radius 2 is 2.00 bits per heavy atom. The Morgan fingerprint density at radius 1 is 1.24 bits per heavy atom. The van der Waals surface area contributed by atoms with Gasteiger partial charge in [0.1, 0.15) is 0 Å². The lowest BCUT2D eigenvalue weighted by molar-refractivity contribution is -0.122. The lowest BCUT2D eigenvalue weighted by Gasteiger charge is -2.14. The number of benzene rings is 2. The molecule has 0 fully saturated rings. The van der Waals surface area contributed by atoms with Crippen molar-refractivity contribution in [1.29, 1.82) is 0 Å². The molecule has 0 radical (unpaired) electrons. The normalized spacial score (nSPS) is 12.3. The predicted molar refractivity (Wildman–Crippen MR) is 98.9 cm³/mol. The smallest absolute Gasteiger partial charge is 0.222 e. The lowest BCUT2D eigenvalue weighted by atomic mass is 10.1. The van der Waals surface area contributed by atoms with Crippen LogP contribution in [-0.4, -0.2) is 29.4 Å². The predicted octanol–water partition coefficient (Wildman–Crippen LogP) is 3.55. The van der Waals surface area contributed by atoms with Gasteiger partial charge in [-0.05, 0) is 25.3 Å². The van der Waals surface area contributed by atoms with Crippen LogP contribution in [0.2, 0.25) is 0 Å². The van der Waals surface area contributed by atoms with Crippen molar-refractivity contribution in [1.82, 2.24) is 15.1 Å². The zero-order chi connectivity index (χ0) is 17.8. The van der Waals surface area contributed by atoms with Crippen LogP contribution >= 0.6 is 0 Å². The number of hydrogen-bond donors (Lipinski definition) is 1. The molecule has 0 saturated carbocycles. The number of carbonyl (C=O) groups is 1. The minimum atomic E-state index is -0.104. The summed E-state index contributed by atoms with van der Waals surface area (Å²) in [5.41, 5.74) is 3.08. The number of ether oxygens (including phenoxy) is 1. The standard InChI is InChI=1S/C20H23N3O2/c1-14(22-20(24)11-12-25-3)18-13-21-23(15(18)2)19-10-6-8-16-7-4-5-9-17(16)19/h4-10,13-14H,11-12H2,1-3H3,(H,22,24)/t14-/m1/s1. The van der Waals surface area contributed by atoms with Crippen molar-refractivity contribution in [3.8, 4) is 5.69 Å². The molecule has 1 aromatic heterocycles. The molecule has 0 aliphatic carbocycles. The minimum absolute atomic E-state index is 0.0216. The Labute approximate surface area is 147 Å². The Kier molecular flexibility index (Phi) is 5.14. The first-order valence-electron chi connectivity index (χ1n) is 8.42. The van der Waals surface area contributed by atoms with Crippen LogP contribution in [-0.2, 0) is 9.53 Å². The third kappa shape index (κ3) is 3.56. The zero-order valence-electron chi connectivity index (χ0n) is 14.8. The average molecular weight is 337 g/mol. The van der Waals surface area contributed by atoms with E-state index in [2.05, 4.69) is 34.7 Å². The topological polar surface area (TPSA) is 56.1 Å². The van der Waals surface area contributed by atoms with Crippen molar-refractivity contribution in [2.24, 2.45) is 0 Å². The van der Waals surface area contributed by atoms with Gasteiger partial charge in [-0.25, -0.2) is 4.68 Å². The third-order valence-electron chi connectivity index (χ3n) is 4.42. The summed E-state index contributed by atoms with van der Waals surface area (Å²) in [4.78, 5) is 11.9. The van der Waals surface area contributed by atoms with Crippen LogP contribution in [0.1, 0.15) is 30.6 Å². The van der Waals surface area contributed by atoms with E-state index in [1.54, 1.807) is 7.11 Å². The maximum atomic E-state index is 11.9. The largest absolute Gasteiger partial charge is 0.384 e. The van der Waals surface area contributed by atoms with Crippen LogP contribution in [0, 0.1) is 6.92 Å². The van der Waals surface area contributed by atoms with Gasteiger partial charge < -0.3 is 10.1 Å². The first kappa shape index (κ1) is 17.2. The number of fused-ring (bicyclic) bond motifs is 1. The van der Waals surface area contributed by atoms with E-state index in [0.717, 1.165) is 22.3 Å². The summed E-state index contributed by atoms with van der Waals surface area (Å²) in [5, 5.41) is 9.90. The number of hydrogen-bond acceptors (Lipinski definition) is 3. The quantitative estimate of drug-likeness (QED) is 0.748. The first-order valence-corrected chi connectivity index (χ1v) is 8.42. The number of carbonyl (C=O) groups excluding carboxylic acids is 1. The summed E-state index contributed by atoms with van der Waals surface area (Å²) >= 11 is 0. The van der Waals surface area contributed by atoms with E-state index in [0.29, 0.717) is 13.0 Å². The van der Waals surface area contributed by atoms with E-state index in [9.17, 15) is 4.79 Å². The fraction of sp³-hybridized carbons (Fsp3) is 0.300. The van der Waals surface area contributed by atoms with Gasteiger partial charge in [0.15, 0.2) is 0 Å². The molecule has 1 heterocycles. The van der Waals surface area contributed by atoms with E-state index in [1.165, 1.54) is 5.39 Å². The molecule has 130 valence electrons. The number of nitrogens with zero attached hydrogens (tertiary/aromatic N) is 2.